The molecule has 1 atom stereocenters. The standard InChI is InChI=1S/C11H15BrN2O2S/c1-14(11-4-5-17(15,16)8-11)7-10-3-2-9(12)6-13-10/h2-3,6,11H,4-5,7-8H2,1H3. The van der Waals surface area contributed by atoms with E-state index < -0.39 is 9.84 Å². The van der Waals surface area contributed by atoms with Crippen LogP contribution in [0.3, 0.4) is 0 Å². The third kappa shape index (κ3) is 3.50. The SMILES string of the molecule is CN(Cc1ccc(Br)cn1)C1CCS(=O)(=O)C1. The van der Waals surface area contributed by atoms with Crippen molar-refractivity contribution < 1.29 is 8.42 Å². The van der Waals surface area contributed by atoms with Crippen molar-refractivity contribution in [3.63, 3.8) is 0 Å². The van der Waals surface area contributed by atoms with E-state index in [0.717, 1.165) is 16.6 Å². The van der Waals surface area contributed by atoms with Gasteiger partial charge in [0.1, 0.15) is 0 Å². The molecule has 0 bridgehead atoms. The Morgan fingerprint density at radius 2 is 2.29 bits per heavy atom. The van der Waals surface area contributed by atoms with Crippen molar-refractivity contribution in [3.8, 4) is 0 Å². The minimum Gasteiger partial charge on any atom is -0.297 e. The van der Waals surface area contributed by atoms with Crippen LogP contribution in [0.25, 0.3) is 0 Å². The molecule has 17 heavy (non-hydrogen) atoms. The Balaban J connectivity index is 1.98. The molecule has 4 nitrogen and oxygen atoms in total. The molecule has 1 aromatic heterocycles. The molecule has 0 amide bonds. The lowest BCUT2D eigenvalue weighted by Gasteiger charge is -2.22. The fourth-order valence-electron chi connectivity index (χ4n) is 2.01. The van der Waals surface area contributed by atoms with Gasteiger partial charge in [-0.2, -0.15) is 0 Å². The second-order valence-corrected chi connectivity index (χ2v) is 7.58. The normalized spacial score (nSPS) is 23.1. The molecule has 1 aromatic rings. The second kappa shape index (κ2) is 5.04. The van der Waals surface area contributed by atoms with Crippen molar-refractivity contribution in [1.82, 2.24) is 9.88 Å². The van der Waals surface area contributed by atoms with Gasteiger partial charge in [-0.25, -0.2) is 8.42 Å². The highest BCUT2D eigenvalue weighted by Crippen LogP contribution is 2.18. The Kier molecular flexibility index (Phi) is 3.85. The zero-order chi connectivity index (χ0) is 12.5. The van der Waals surface area contributed by atoms with E-state index in [1.165, 1.54) is 0 Å². The van der Waals surface area contributed by atoms with Gasteiger partial charge in [-0.15, -0.1) is 0 Å². The zero-order valence-electron chi connectivity index (χ0n) is 9.63. The fraction of sp³-hybridized carbons (Fsp3) is 0.545. The van der Waals surface area contributed by atoms with Crippen LogP contribution in [0.1, 0.15) is 12.1 Å². The molecule has 0 aliphatic carbocycles. The number of halogens is 1. The summed E-state index contributed by atoms with van der Waals surface area (Å²) in [7, 11) is -0.855. The van der Waals surface area contributed by atoms with Gasteiger partial charge in [-0.05, 0) is 41.5 Å². The molecule has 0 N–H and O–H groups in total. The minimum atomic E-state index is -2.81. The third-order valence-corrected chi connectivity index (χ3v) is 5.25. The maximum absolute atomic E-state index is 11.4. The first kappa shape index (κ1) is 13.0. The largest absolute Gasteiger partial charge is 0.297 e. The van der Waals surface area contributed by atoms with Crippen LogP contribution < -0.4 is 0 Å². The van der Waals surface area contributed by atoms with Crippen molar-refractivity contribution in [3.05, 3.63) is 28.5 Å². The Morgan fingerprint density at radius 3 is 2.82 bits per heavy atom. The molecule has 1 aliphatic heterocycles. The first-order valence-electron chi connectivity index (χ1n) is 5.47. The van der Waals surface area contributed by atoms with E-state index in [-0.39, 0.29) is 11.8 Å². The average Bonchev–Trinajstić information content (AvgIpc) is 2.62. The highest BCUT2D eigenvalue weighted by molar-refractivity contribution is 9.10. The molecule has 2 rings (SSSR count). The van der Waals surface area contributed by atoms with Gasteiger partial charge in [0.15, 0.2) is 9.84 Å². The van der Waals surface area contributed by atoms with Crippen LogP contribution in [0.4, 0.5) is 0 Å². The fourth-order valence-corrected chi connectivity index (χ4v) is 4.05. The van der Waals surface area contributed by atoms with E-state index in [9.17, 15) is 8.42 Å². The van der Waals surface area contributed by atoms with Gasteiger partial charge < -0.3 is 0 Å². The summed E-state index contributed by atoms with van der Waals surface area (Å²) in [6, 6.07) is 4.02. The zero-order valence-corrected chi connectivity index (χ0v) is 12.0. The van der Waals surface area contributed by atoms with Gasteiger partial charge in [0, 0.05) is 23.3 Å². The van der Waals surface area contributed by atoms with Gasteiger partial charge in [0.05, 0.1) is 17.2 Å². The number of nitrogens with zero attached hydrogens (tertiary/aromatic N) is 2. The smallest absolute Gasteiger partial charge is 0.151 e. The number of pyridine rings is 1. The molecule has 2 heterocycles. The predicted molar refractivity (Wildman–Crippen MR) is 70.5 cm³/mol. The van der Waals surface area contributed by atoms with Crippen molar-refractivity contribution in [2.24, 2.45) is 0 Å². The summed E-state index contributed by atoms with van der Waals surface area (Å²) in [6.07, 6.45) is 2.49. The van der Waals surface area contributed by atoms with E-state index in [4.69, 9.17) is 0 Å². The maximum Gasteiger partial charge on any atom is 0.151 e. The van der Waals surface area contributed by atoms with E-state index >= 15 is 0 Å². The molecule has 1 unspecified atom stereocenters. The number of aromatic nitrogens is 1. The van der Waals surface area contributed by atoms with E-state index in [1.54, 1.807) is 6.20 Å². The maximum atomic E-state index is 11.4. The highest BCUT2D eigenvalue weighted by atomic mass is 79.9. The van der Waals surface area contributed by atoms with Gasteiger partial charge >= 0.3 is 0 Å². The molecule has 6 heteroatoms. The van der Waals surface area contributed by atoms with Crippen molar-refractivity contribution >= 4 is 25.8 Å². The van der Waals surface area contributed by atoms with Gasteiger partial charge in [0.25, 0.3) is 0 Å². The lowest BCUT2D eigenvalue weighted by molar-refractivity contribution is 0.251. The molecule has 1 aliphatic rings. The molecular weight excluding hydrogens is 304 g/mol. The Morgan fingerprint density at radius 1 is 1.53 bits per heavy atom. The topological polar surface area (TPSA) is 50.3 Å². The van der Waals surface area contributed by atoms with E-state index in [0.29, 0.717) is 12.3 Å². The quantitative estimate of drug-likeness (QED) is 0.846. The van der Waals surface area contributed by atoms with Crippen LogP contribution in [0, 0.1) is 0 Å². The Hall–Kier alpha value is -0.460. The summed E-state index contributed by atoms with van der Waals surface area (Å²) in [5.41, 5.74) is 0.958. The molecule has 0 aromatic carbocycles. The summed E-state index contributed by atoms with van der Waals surface area (Å²) in [4.78, 5) is 6.36. The van der Waals surface area contributed by atoms with Crippen LogP contribution in [-0.4, -0.2) is 42.9 Å². The Bertz CT molecular complexity index is 487. The molecule has 0 radical (unpaired) electrons. The molecule has 0 saturated carbocycles. The second-order valence-electron chi connectivity index (χ2n) is 4.44. The average molecular weight is 319 g/mol. The van der Waals surface area contributed by atoms with Crippen LogP contribution in [0.5, 0.6) is 0 Å². The van der Waals surface area contributed by atoms with E-state index in [2.05, 4.69) is 25.8 Å². The molecule has 0 spiro atoms. The van der Waals surface area contributed by atoms with Crippen LogP contribution >= 0.6 is 15.9 Å². The summed E-state index contributed by atoms with van der Waals surface area (Å²) < 4.78 is 23.7. The van der Waals surface area contributed by atoms with Crippen LogP contribution in [-0.2, 0) is 16.4 Å². The van der Waals surface area contributed by atoms with Gasteiger partial charge in [0.2, 0.25) is 0 Å². The summed E-state index contributed by atoms with van der Waals surface area (Å²) in [5, 5.41) is 0. The Labute approximate surface area is 110 Å². The number of rotatable bonds is 3. The summed E-state index contributed by atoms with van der Waals surface area (Å²) in [6.45, 7) is 0.688. The minimum absolute atomic E-state index is 0.130. The summed E-state index contributed by atoms with van der Waals surface area (Å²) in [5.74, 6) is 0.593. The highest BCUT2D eigenvalue weighted by Gasteiger charge is 2.30. The first-order chi connectivity index (χ1) is 7.96. The monoisotopic (exact) mass is 318 g/mol. The lowest BCUT2D eigenvalue weighted by atomic mass is 10.2. The number of hydrogen-bond acceptors (Lipinski definition) is 4. The van der Waals surface area contributed by atoms with Crippen LogP contribution in [0.2, 0.25) is 0 Å². The van der Waals surface area contributed by atoms with Crippen molar-refractivity contribution in [2.45, 2.75) is 19.0 Å². The molecular formula is C11H15BrN2O2S. The first-order valence-corrected chi connectivity index (χ1v) is 8.09. The molecule has 94 valence electrons. The van der Waals surface area contributed by atoms with Crippen molar-refractivity contribution in [1.29, 1.82) is 0 Å². The summed E-state index contributed by atoms with van der Waals surface area (Å²) >= 11 is 3.34. The van der Waals surface area contributed by atoms with Crippen molar-refractivity contribution in [2.75, 3.05) is 18.6 Å². The van der Waals surface area contributed by atoms with E-state index in [1.807, 2.05) is 19.2 Å². The van der Waals surface area contributed by atoms with Gasteiger partial charge in [-0.3, -0.25) is 9.88 Å². The number of hydrogen-bond donors (Lipinski definition) is 0. The lowest BCUT2D eigenvalue weighted by Crippen LogP contribution is -2.32. The molecule has 1 fully saturated rings. The third-order valence-electron chi connectivity index (χ3n) is 3.03. The molecule has 1 saturated heterocycles. The van der Waals surface area contributed by atoms with Crippen LogP contribution in [0.15, 0.2) is 22.8 Å². The number of sulfone groups is 1. The predicted octanol–water partition coefficient (Wildman–Crippen LogP) is 1.46. The van der Waals surface area contributed by atoms with Gasteiger partial charge in [-0.1, -0.05) is 0 Å².